The van der Waals surface area contributed by atoms with Crippen LogP contribution in [0.3, 0.4) is 0 Å². The molecule has 4 rings (SSSR count). The van der Waals surface area contributed by atoms with E-state index < -0.39 is 5.54 Å². The van der Waals surface area contributed by atoms with Crippen LogP contribution >= 0.6 is 0 Å². The fraction of sp³-hybridized carbons (Fsp3) is 0.526. The Balaban J connectivity index is 0.00000105. The number of allylic oxidation sites excluding steroid dienone is 1. The van der Waals surface area contributed by atoms with Crippen LogP contribution in [0.2, 0.25) is 0 Å². The van der Waals surface area contributed by atoms with E-state index in [1.165, 1.54) is 31.2 Å². The van der Waals surface area contributed by atoms with E-state index in [-0.39, 0.29) is 11.2 Å². The van der Waals surface area contributed by atoms with Crippen LogP contribution in [0.1, 0.15) is 129 Å². The van der Waals surface area contributed by atoms with Crippen molar-refractivity contribution < 1.29 is 4.39 Å². The van der Waals surface area contributed by atoms with Crippen molar-refractivity contribution in [1.82, 2.24) is 4.90 Å². The van der Waals surface area contributed by atoms with Gasteiger partial charge in [0, 0.05) is 23.4 Å². The number of aryl methyl sites for hydroxylation is 1. The van der Waals surface area contributed by atoms with Crippen LogP contribution in [-0.4, -0.2) is 11.4 Å². The van der Waals surface area contributed by atoms with Gasteiger partial charge in [0.15, 0.2) is 0 Å². The minimum absolute atomic E-state index is 0.112. The second kappa shape index (κ2) is 13.8. The van der Waals surface area contributed by atoms with E-state index in [2.05, 4.69) is 103 Å². The molecule has 1 aliphatic heterocycles. The first-order valence-corrected chi connectivity index (χ1v) is 15.6. The van der Waals surface area contributed by atoms with Crippen molar-refractivity contribution in [3.63, 3.8) is 0 Å². The van der Waals surface area contributed by atoms with Gasteiger partial charge in [-0.25, -0.2) is 4.39 Å². The first-order chi connectivity index (χ1) is 18.9. The Hall–Kier alpha value is -2.61. The SMILES string of the molecule is C=C/C(=C\C)CN1C(=C)c2cc(C(C)(C)C)cc(F)c2[C@]1(CCC1(CC)CC1)c1ccc(C)cc1.CC.CCC. The predicted molar refractivity (Wildman–Crippen MR) is 175 cm³/mol. The van der Waals surface area contributed by atoms with Crippen LogP contribution in [0, 0.1) is 18.2 Å². The number of halogens is 1. The summed E-state index contributed by atoms with van der Waals surface area (Å²) in [7, 11) is 0. The average Bonchev–Trinajstić information content (AvgIpc) is 3.68. The van der Waals surface area contributed by atoms with E-state index in [9.17, 15) is 0 Å². The number of rotatable bonds is 8. The molecule has 1 fully saturated rings. The Labute approximate surface area is 246 Å². The van der Waals surface area contributed by atoms with Crippen molar-refractivity contribution in [2.75, 3.05) is 6.54 Å². The monoisotopic (exact) mass is 545 g/mol. The summed E-state index contributed by atoms with van der Waals surface area (Å²) in [5.74, 6) is -0.112. The molecular formula is C38H56FN. The maximum atomic E-state index is 16.4. The lowest BCUT2D eigenvalue weighted by Crippen LogP contribution is -2.43. The van der Waals surface area contributed by atoms with Crippen LogP contribution in [-0.2, 0) is 11.0 Å². The maximum Gasteiger partial charge on any atom is 0.130 e. The molecule has 0 N–H and O–H groups in total. The average molecular weight is 546 g/mol. The molecule has 1 heterocycles. The van der Waals surface area contributed by atoms with Crippen LogP contribution in [0.5, 0.6) is 0 Å². The summed E-state index contributed by atoms with van der Waals surface area (Å²) in [6.07, 6.45) is 11.0. The summed E-state index contributed by atoms with van der Waals surface area (Å²) in [6.45, 7) is 30.4. The first kappa shape index (κ1) is 33.6. The molecule has 0 aromatic heterocycles. The van der Waals surface area contributed by atoms with Gasteiger partial charge in [-0.2, -0.15) is 0 Å². The highest BCUT2D eigenvalue weighted by molar-refractivity contribution is 5.76. The van der Waals surface area contributed by atoms with Gasteiger partial charge in [-0.15, -0.1) is 0 Å². The molecule has 0 unspecified atom stereocenters. The molecule has 0 spiro atoms. The molecule has 2 aliphatic rings. The molecule has 2 aromatic carbocycles. The van der Waals surface area contributed by atoms with E-state index in [0.717, 1.165) is 46.4 Å². The Kier molecular flexibility index (Phi) is 11.6. The number of hydrogen-bond donors (Lipinski definition) is 0. The summed E-state index contributed by atoms with van der Waals surface area (Å²) in [6, 6.07) is 12.7. The Morgan fingerprint density at radius 1 is 1.02 bits per heavy atom. The number of hydrogen-bond acceptors (Lipinski definition) is 1. The molecule has 0 amide bonds. The van der Waals surface area contributed by atoms with Gasteiger partial charge in [0.05, 0.1) is 5.54 Å². The third-order valence-electron chi connectivity index (χ3n) is 8.69. The quantitative estimate of drug-likeness (QED) is 0.298. The standard InChI is InChI=1S/C33H42FN.C3H8.C2H6/c1-9-25(10-2)22-35-24(5)28-20-27(31(6,7)8)21-29(34)30(28)33(35,19-18-32(11-3)16-17-32)26-14-12-23(4)13-15-26;1-3-2;1-2/h9-10,12-15,20-21H,1,5,11,16-19,22H2,2-4,6-8H3;3H2,1-2H3;1-2H3/b25-10+;;/t33-;;/m0../s1. The molecule has 0 saturated heterocycles. The van der Waals surface area contributed by atoms with Gasteiger partial charge in [0.25, 0.3) is 0 Å². The van der Waals surface area contributed by atoms with Crippen molar-refractivity contribution in [2.45, 2.75) is 119 Å². The molecule has 0 bridgehead atoms. The zero-order valence-corrected chi connectivity index (χ0v) is 27.3. The normalized spacial score (nSPS) is 19.2. The Morgan fingerprint density at radius 2 is 1.60 bits per heavy atom. The summed E-state index contributed by atoms with van der Waals surface area (Å²) in [5, 5.41) is 0. The van der Waals surface area contributed by atoms with Gasteiger partial charge in [-0.05, 0) is 79.2 Å². The van der Waals surface area contributed by atoms with Crippen molar-refractivity contribution in [2.24, 2.45) is 5.41 Å². The molecule has 1 saturated carbocycles. The van der Waals surface area contributed by atoms with Crippen molar-refractivity contribution in [1.29, 1.82) is 0 Å². The van der Waals surface area contributed by atoms with Crippen LogP contribution in [0.25, 0.3) is 5.70 Å². The van der Waals surface area contributed by atoms with Crippen LogP contribution in [0.4, 0.5) is 4.39 Å². The van der Waals surface area contributed by atoms with Gasteiger partial charge in [0.2, 0.25) is 0 Å². The molecular weight excluding hydrogens is 489 g/mol. The van der Waals surface area contributed by atoms with Gasteiger partial charge < -0.3 is 4.90 Å². The molecule has 1 aliphatic carbocycles. The summed E-state index contributed by atoms with van der Waals surface area (Å²) < 4.78 is 16.4. The van der Waals surface area contributed by atoms with Crippen molar-refractivity contribution >= 4 is 5.70 Å². The van der Waals surface area contributed by atoms with Gasteiger partial charge in [-0.1, -0.05) is 123 Å². The van der Waals surface area contributed by atoms with E-state index in [4.69, 9.17) is 0 Å². The fourth-order valence-electron chi connectivity index (χ4n) is 5.82. The molecule has 1 atom stereocenters. The largest absolute Gasteiger partial charge is 0.353 e. The van der Waals surface area contributed by atoms with E-state index in [0.29, 0.717) is 12.0 Å². The minimum atomic E-state index is -0.595. The maximum absolute atomic E-state index is 16.4. The third-order valence-corrected chi connectivity index (χ3v) is 8.69. The van der Waals surface area contributed by atoms with E-state index in [1.807, 2.05) is 26.8 Å². The molecule has 1 nitrogen and oxygen atoms in total. The third kappa shape index (κ3) is 6.81. The van der Waals surface area contributed by atoms with Crippen molar-refractivity contribution in [3.05, 3.63) is 101 Å². The highest BCUT2D eigenvalue weighted by Gasteiger charge is 2.52. The van der Waals surface area contributed by atoms with Crippen LogP contribution < -0.4 is 0 Å². The number of fused-ring (bicyclic) bond motifs is 1. The van der Waals surface area contributed by atoms with E-state index >= 15 is 4.39 Å². The van der Waals surface area contributed by atoms with Gasteiger partial charge >= 0.3 is 0 Å². The number of nitrogens with zero attached hydrogens (tertiary/aromatic N) is 1. The zero-order chi connectivity index (χ0) is 30.3. The second-order valence-electron chi connectivity index (χ2n) is 12.5. The minimum Gasteiger partial charge on any atom is -0.353 e. The van der Waals surface area contributed by atoms with Crippen molar-refractivity contribution in [3.8, 4) is 0 Å². The Bertz CT molecular complexity index is 1170. The van der Waals surface area contributed by atoms with Gasteiger partial charge in [-0.3, -0.25) is 0 Å². The predicted octanol–water partition coefficient (Wildman–Crippen LogP) is 11.5. The Morgan fingerprint density at radius 3 is 2.05 bits per heavy atom. The summed E-state index contributed by atoms with van der Waals surface area (Å²) in [5.41, 5.74) is 6.82. The lowest BCUT2D eigenvalue weighted by atomic mass is 9.75. The molecule has 220 valence electrons. The summed E-state index contributed by atoms with van der Waals surface area (Å²) in [4.78, 5) is 2.38. The summed E-state index contributed by atoms with van der Waals surface area (Å²) >= 11 is 0. The molecule has 40 heavy (non-hydrogen) atoms. The highest BCUT2D eigenvalue weighted by atomic mass is 19.1. The molecule has 0 radical (unpaired) electrons. The van der Waals surface area contributed by atoms with E-state index in [1.54, 1.807) is 6.07 Å². The smallest absolute Gasteiger partial charge is 0.130 e. The molecule has 2 aromatic rings. The first-order valence-electron chi connectivity index (χ1n) is 15.6. The molecule has 2 heteroatoms. The number of benzene rings is 2. The van der Waals surface area contributed by atoms with Crippen LogP contribution in [0.15, 0.2) is 67.3 Å². The lowest BCUT2D eigenvalue weighted by molar-refractivity contribution is 0.195. The van der Waals surface area contributed by atoms with Gasteiger partial charge in [0.1, 0.15) is 5.82 Å². The zero-order valence-electron chi connectivity index (χ0n) is 27.3. The second-order valence-corrected chi connectivity index (χ2v) is 12.5. The highest BCUT2D eigenvalue weighted by Crippen LogP contribution is 2.59. The lowest BCUT2D eigenvalue weighted by Gasteiger charge is -2.43. The topological polar surface area (TPSA) is 3.24 Å². The fourth-order valence-corrected chi connectivity index (χ4v) is 5.82.